The summed E-state index contributed by atoms with van der Waals surface area (Å²) in [7, 11) is 1.62. The topological polar surface area (TPSA) is 58.6 Å². The average molecular weight is 296 g/mol. The number of nitrogens with one attached hydrogen (secondary N) is 1. The van der Waals surface area contributed by atoms with Gasteiger partial charge in [-0.25, -0.2) is 0 Å². The van der Waals surface area contributed by atoms with Gasteiger partial charge in [0.25, 0.3) is 0 Å². The molecular formula is C16H28N2O3. The number of carbonyl (C=O) groups excluding carboxylic acids is 2. The number of hydrogen-bond donors (Lipinski definition) is 1. The average Bonchev–Trinajstić information content (AvgIpc) is 2.44. The molecule has 2 unspecified atom stereocenters. The maximum Gasteiger partial charge on any atom is 0.246 e. The molecule has 2 fully saturated rings. The van der Waals surface area contributed by atoms with Crippen LogP contribution < -0.4 is 5.32 Å². The van der Waals surface area contributed by atoms with Gasteiger partial charge >= 0.3 is 0 Å². The van der Waals surface area contributed by atoms with Gasteiger partial charge in [-0.1, -0.05) is 19.3 Å². The molecule has 2 atom stereocenters. The third-order valence-electron chi connectivity index (χ3n) is 4.92. The van der Waals surface area contributed by atoms with E-state index in [0.29, 0.717) is 6.61 Å². The Bertz CT molecular complexity index is 402. The lowest BCUT2D eigenvalue weighted by Gasteiger charge is -2.49. The van der Waals surface area contributed by atoms with Gasteiger partial charge in [-0.2, -0.15) is 0 Å². The van der Waals surface area contributed by atoms with Gasteiger partial charge in [-0.3, -0.25) is 9.59 Å². The second-order valence-electron chi connectivity index (χ2n) is 6.92. The van der Waals surface area contributed by atoms with Gasteiger partial charge in [0.05, 0.1) is 12.6 Å². The zero-order chi connectivity index (χ0) is 15.6. The van der Waals surface area contributed by atoms with Crippen LogP contribution in [0.3, 0.4) is 0 Å². The van der Waals surface area contributed by atoms with E-state index in [1.807, 2.05) is 20.8 Å². The van der Waals surface area contributed by atoms with E-state index in [2.05, 4.69) is 5.32 Å². The predicted molar refractivity (Wildman–Crippen MR) is 80.8 cm³/mol. The Hall–Kier alpha value is -1.10. The van der Waals surface area contributed by atoms with Crippen molar-refractivity contribution >= 4 is 11.8 Å². The zero-order valence-electron chi connectivity index (χ0n) is 13.6. The minimum absolute atomic E-state index is 0.0519. The van der Waals surface area contributed by atoms with Crippen molar-refractivity contribution in [2.45, 2.75) is 70.5 Å². The Kier molecular flexibility index (Phi) is 4.91. The van der Waals surface area contributed by atoms with Crippen molar-refractivity contribution in [3.63, 3.8) is 0 Å². The summed E-state index contributed by atoms with van der Waals surface area (Å²) in [6.07, 6.45) is 5.61. The molecule has 1 heterocycles. The number of rotatable bonds is 4. The molecule has 5 nitrogen and oxygen atoms in total. The first kappa shape index (κ1) is 16.3. The van der Waals surface area contributed by atoms with Gasteiger partial charge < -0.3 is 15.0 Å². The Morgan fingerprint density at radius 3 is 2.48 bits per heavy atom. The van der Waals surface area contributed by atoms with Crippen molar-refractivity contribution in [1.82, 2.24) is 10.2 Å². The summed E-state index contributed by atoms with van der Waals surface area (Å²) >= 11 is 0. The molecule has 0 spiro atoms. The number of ether oxygens (including phenoxy) is 1. The van der Waals surface area contributed by atoms with Gasteiger partial charge in [0.15, 0.2) is 0 Å². The molecule has 0 aromatic heterocycles. The SMILES string of the molecule is COCC(C)N1C(=O)C(C2CCCCC2)NC(=O)C1(C)C. The van der Waals surface area contributed by atoms with E-state index in [9.17, 15) is 9.59 Å². The zero-order valence-corrected chi connectivity index (χ0v) is 13.6. The van der Waals surface area contributed by atoms with Crippen LogP contribution in [0.4, 0.5) is 0 Å². The monoisotopic (exact) mass is 296 g/mol. The van der Waals surface area contributed by atoms with Crippen LogP contribution in [-0.4, -0.2) is 48.1 Å². The van der Waals surface area contributed by atoms with E-state index >= 15 is 0 Å². The molecule has 2 aliphatic rings. The van der Waals surface area contributed by atoms with Gasteiger partial charge in [0.2, 0.25) is 11.8 Å². The van der Waals surface area contributed by atoms with Crippen LogP contribution in [0.25, 0.3) is 0 Å². The number of piperazine rings is 1. The largest absolute Gasteiger partial charge is 0.383 e. The third kappa shape index (κ3) is 3.07. The lowest BCUT2D eigenvalue weighted by molar-refractivity contribution is -0.161. The molecule has 2 amide bonds. The number of amides is 2. The molecule has 1 N–H and O–H groups in total. The molecule has 0 radical (unpaired) electrons. The van der Waals surface area contributed by atoms with Crippen molar-refractivity contribution in [3.8, 4) is 0 Å². The van der Waals surface area contributed by atoms with Crippen molar-refractivity contribution < 1.29 is 14.3 Å². The summed E-state index contributed by atoms with van der Waals surface area (Å²) in [6, 6.07) is -0.459. The van der Waals surface area contributed by atoms with Crippen molar-refractivity contribution in [1.29, 1.82) is 0 Å². The number of methoxy groups -OCH3 is 1. The molecule has 1 saturated carbocycles. The second-order valence-corrected chi connectivity index (χ2v) is 6.92. The summed E-state index contributed by atoms with van der Waals surface area (Å²) in [6.45, 7) is 6.01. The third-order valence-corrected chi connectivity index (χ3v) is 4.92. The molecule has 1 aliphatic heterocycles. The van der Waals surface area contributed by atoms with E-state index < -0.39 is 5.54 Å². The van der Waals surface area contributed by atoms with Gasteiger partial charge in [-0.05, 0) is 39.5 Å². The summed E-state index contributed by atoms with van der Waals surface area (Å²) in [4.78, 5) is 27.2. The van der Waals surface area contributed by atoms with Crippen LogP contribution in [0.5, 0.6) is 0 Å². The van der Waals surface area contributed by atoms with Crippen LogP contribution in [0, 0.1) is 5.92 Å². The molecule has 1 saturated heterocycles. The predicted octanol–water partition coefficient (Wildman–Crippen LogP) is 1.71. The maximum absolute atomic E-state index is 13.0. The van der Waals surface area contributed by atoms with E-state index in [1.54, 1.807) is 12.0 Å². The molecule has 0 bridgehead atoms. The quantitative estimate of drug-likeness (QED) is 0.859. The Morgan fingerprint density at radius 2 is 1.90 bits per heavy atom. The minimum atomic E-state index is -0.819. The highest BCUT2D eigenvalue weighted by Gasteiger charge is 2.50. The molecule has 1 aliphatic carbocycles. The van der Waals surface area contributed by atoms with Crippen molar-refractivity contribution in [2.24, 2.45) is 5.92 Å². The minimum Gasteiger partial charge on any atom is -0.383 e. The van der Waals surface area contributed by atoms with Crippen molar-refractivity contribution in [3.05, 3.63) is 0 Å². The van der Waals surface area contributed by atoms with Crippen LogP contribution in [0.2, 0.25) is 0 Å². The normalized spacial score (nSPS) is 28.4. The Morgan fingerprint density at radius 1 is 1.29 bits per heavy atom. The van der Waals surface area contributed by atoms with Crippen molar-refractivity contribution in [2.75, 3.05) is 13.7 Å². The van der Waals surface area contributed by atoms with Gasteiger partial charge in [0.1, 0.15) is 11.6 Å². The van der Waals surface area contributed by atoms with Crippen LogP contribution in [0.1, 0.15) is 52.9 Å². The van der Waals surface area contributed by atoms with E-state index in [1.165, 1.54) is 6.42 Å². The molecule has 21 heavy (non-hydrogen) atoms. The molecule has 2 rings (SSSR count). The first-order valence-electron chi connectivity index (χ1n) is 8.02. The van der Waals surface area contributed by atoms with Crippen LogP contribution in [-0.2, 0) is 14.3 Å². The van der Waals surface area contributed by atoms with E-state index in [0.717, 1.165) is 25.7 Å². The Labute approximate surface area is 127 Å². The fourth-order valence-corrected chi connectivity index (χ4v) is 3.79. The summed E-state index contributed by atoms with van der Waals surface area (Å²) in [5.41, 5.74) is -0.819. The lowest BCUT2D eigenvalue weighted by Crippen LogP contribution is -2.72. The summed E-state index contributed by atoms with van der Waals surface area (Å²) < 4.78 is 5.19. The summed E-state index contributed by atoms with van der Waals surface area (Å²) in [5.74, 6) is 0.278. The number of nitrogens with zero attached hydrogens (tertiary/aromatic N) is 1. The highest BCUT2D eigenvalue weighted by molar-refractivity contribution is 5.99. The highest BCUT2D eigenvalue weighted by atomic mass is 16.5. The van der Waals surface area contributed by atoms with E-state index in [4.69, 9.17) is 4.74 Å². The number of carbonyl (C=O) groups is 2. The summed E-state index contributed by atoms with van der Waals surface area (Å²) in [5, 5.41) is 2.98. The fourth-order valence-electron chi connectivity index (χ4n) is 3.79. The Balaban J connectivity index is 2.23. The molecule has 5 heteroatoms. The van der Waals surface area contributed by atoms with Crippen LogP contribution >= 0.6 is 0 Å². The smallest absolute Gasteiger partial charge is 0.246 e. The first-order valence-corrected chi connectivity index (χ1v) is 8.02. The van der Waals surface area contributed by atoms with Gasteiger partial charge in [-0.15, -0.1) is 0 Å². The molecule has 120 valence electrons. The lowest BCUT2D eigenvalue weighted by atomic mass is 9.80. The number of hydrogen-bond acceptors (Lipinski definition) is 3. The molecule has 0 aromatic carbocycles. The van der Waals surface area contributed by atoms with E-state index in [-0.39, 0.29) is 29.8 Å². The first-order chi connectivity index (χ1) is 9.89. The fraction of sp³-hybridized carbons (Fsp3) is 0.875. The second kappa shape index (κ2) is 6.34. The van der Waals surface area contributed by atoms with Crippen LogP contribution in [0.15, 0.2) is 0 Å². The standard InChI is InChI=1S/C16H28N2O3/c1-11(10-21-4)18-14(19)13(12-8-6-5-7-9-12)17-15(20)16(18,2)3/h11-13H,5-10H2,1-4H3,(H,17,20). The molecule has 0 aromatic rings. The van der Waals surface area contributed by atoms with Gasteiger partial charge in [0, 0.05) is 7.11 Å². The maximum atomic E-state index is 13.0. The highest BCUT2D eigenvalue weighted by Crippen LogP contribution is 2.32. The molecular weight excluding hydrogens is 268 g/mol.